The molecule has 4 amide bonds. The number of imide groups is 1. The summed E-state index contributed by atoms with van der Waals surface area (Å²) in [6.07, 6.45) is -2.30. The molecular formula is C15H27N3O8S2. The number of carbonyl (C=O) groups excluding carboxylic acids is 3. The van der Waals surface area contributed by atoms with Crippen LogP contribution in [-0.4, -0.2) is 112 Å². The zero-order valence-electron chi connectivity index (χ0n) is 15.3. The third-order valence-corrected chi connectivity index (χ3v) is 4.25. The molecule has 3 N–H and O–H groups in total. The van der Waals surface area contributed by atoms with Crippen molar-refractivity contribution in [2.75, 3.05) is 51.0 Å². The van der Waals surface area contributed by atoms with Crippen LogP contribution in [0.3, 0.4) is 0 Å². The second-order valence-corrected chi connectivity index (χ2v) is 6.60. The minimum Gasteiger partial charge on any atom is -0.464 e. The van der Waals surface area contributed by atoms with Gasteiger partial charge in [-0.25, -0.2) is 14.5 Å². The van der Waals surface area contributed by atoms with Gasteiger partial charge in [-0.05, 0) is 5.75 Å². The first-order valence-corrected chi connectivity index (χ1v) is 9.98. The lowest BCUT2D eigenvalue weighted by Crippen LogP contribution is -2.67. The molecule has 2 unspecified atom stereocenters. The van der Waals surface area contributed by atoms with E-state index in [1.807, 2.05) is 0 Å². The van der Waals surface area contributed by atoms with Gasteiger partial charge in [0.15, 0.2) is 6.29 Å². The van der Waals surface area contributed by atoms with E-state index in [2.05, 4.69) is 25.3 Å². The highest BCUT2D eigenvalue weighted by Gasteiger charge is 2.42. The molecule has 0 bridgehead atoms. The molecule has 0 aromatic carbocycles. The quantitative estimate of drug-likeness (QED) is 0.138. The zero-order chi connectivity index (χ0) is 21.1. The van der Waals surface area contributed by atoms with Crippen molar-refractivity contribution in [2.45, 2.75) is 25.5 Å². The molecule has 28 heavy (non-hydrogen) atoms. The molecular weight excluding hydrogens is 414 g/mol. The lowest BCUT2D eigenvalue weighted by molar-refractivity contribution is -0.146. The number of aliphatic hydroxyl groups is 3. The van der Waals surface area contributed by atoms with Crippen LogP contribution in [0.5, 0.6) is 0 Å². The van der Waals surface area contributed by atoms with Crippen molar-refractivity contribution in [3.8, 4) is 0 Å². The molecule has 0 aromatic rings. The Balaban J connectivity index is 2.74. The van der Waals surface area contributed by atoms with Gasteiger partial charge in [0.25, 0.3) is 0 Å². The predicted molar refractivity (Wildman–Crippen MR) is 104 cm³/mol. The summed E-state index contributed by atoms with van der Waals surface area (Å²) >= 11 is 7.88. The number of esters is 1. The predicted octanol–water partition coefficient (Wildman–Crippen LogP) is -1.07. The third-order valence-electron chi connectivity index (χ3n) is 3.76. The normalized spacial score (nSPS) is 18.6. The minimum absolute atomic E-state index is 0.104. The largest absolute Gasteiger partial charge is 0.464 e. The van der Waals surface area contributed by atoms with Gasteiger partial charge in [-0.1, -0.05) is 0 Å². The first kappa shape index (κ1) is 24.8. The first-order valence-electron chi connectivity index (χ1n) is 8.72. The summed E-state index contributed by atoms with van der Waals surface area (Å²) in [6, 6.07) is -1.61. The van der Waals surface area contributed by atoms with Crippen molar-refractivity contribution in [2.24, 2.45) is 0 Å². The van der Waals surface area contributed by atoms with Crippen LogP contribution in [0.2, 0.25) is 0 Å². The SMILES string of the molecule is O=C(CCS)OCCN1C(=O)N(CCOC(O)CCS)C(=O)N(CCO)C1O. The van der Waals surface area contributed by atoms with E-state index in [0.717, 1.165) is 14.7 Å². The summed E-state index contributed by atoms with van der Waals surface area (Å²) < 4.78 is 10.1. The van der Waals surface area contributed by atoms with Crippen LogP contribution in [0.1, 0.15) is 12.8 Å². The molecule has 11 nitrogen and oxygen atoms in total. The fourth-order valence-corrected chi connectivity index (χ4v) is 2.78. The van der Waals surface area contributed by atoms with Gasteiger partial charge in [0.1, 0.15) is 6.61 Å². The van der Waals surface area contributed by atoms with Crippen LogP contribution in [0.25, 0.3) is 0 Å². The second kappa shape index (κ2) is 13.1. The van der Waals surface area contributed by atoms with Crippen molar-refractivity contribution < 1.29 is 39.2 Å². The third kappa shape index (κ3) is 7.29. The van der Waals surface area contributed by atoms with Gasteiger partial charge in [0, 0.05) is 18.7 Å². The molecule has 1 aliphatic heterocycles. The smallest absolute Gasteiger partial charge is 0.331 e. The van der Waals surface area contributed by atoms with E-state index in [4.69, 9.17) is 14.6 Å². The van der Waals surface area contributed by atoms with Gasteiger partial charge in [-0.3, -0.25) is 14.6 Å². The molecule has 0 saturated carbocycles. The topological polar surface area (TPSA) is 140 Å². The molecule has 0 radical (unpaired) electrons. The molecule has 1 aliphatic rings. The molecule has 0 aliphatic carbocycles. The van der Waals surface area contributed by atoms with E-state index >= 15 is 0 Å². The number of ether oxygens (including phenoxy) is 2. The van der Waals surface area contributed by atoms with E-state index in [1.54, 1.807) is 0 Å². The summed E-state index contributed by atoms with van der Waals surface area (Å²) in [5.41, 5.74) is 0. The monoisotopic (exact) mass is 441 g/mol. The number of hydrogen-bond donors (Lipinski definition) is 5. The Labute approximate surface area is 174 Å². The second-order valence-electron chi connectivity index (χ2n) is 5.71. The number of thiol groups is 2. The van der Waals surface area contributed by atoms with Crippen LogP contribution in [-0.2, 0) is 14.3 Å². The maximum absolute atomic E-state index is 12.6. The summed E-state index contributed by atoms with van der Waals surface area (Å²) in [6.45, 7) is -1.27. The van der Waals surface area contributed by atoms with Gasteiger partial charge < -0.3 is 24.8 Å². The molecule has 2 atom stereocenters. The van der Waals surface area contributed by atoms with Gasteiger partial charge in [-0.2, -0.15) is 25.3 Å². The van der Waals surface area contributed by atoms with Crippen molar-refractivity contribution in [1.82, 2.24) is 14.7 Å². The van der Waals surface area contributed by atoms with E-state index in [0.29, 0.717) is 11.5 Å². The summed E-state index contributed by atoms with van der Waals surface area (Å²) in [5.74, 6) is 0.218. The Kier molecular flexibility index (Phi) is 11.6. The van der Waals surface area contributed by atoms with Crippen LogP contribution >= 0.6 is 25.3 Å². The van der Waals surface area contributed by atoms with Crippen molar-refractivity contribution in [1.29, 1.82) is 0 Å². The Morgan fingerprint density at radius 3 is 2.29 bits per heavy atom. The molecule has 13 heteroatoms. The molecule has 162 valence electrons. The zero-order valence-corrected chi connectivity index (χ0v) is 17.1. The Hall–Kier alpha value is -1.25. The van der Waals surface area contributed by atoms with Crippen molar-refractivity contribution >= 4 is 43.3 Å². The van der Waals surface area contributed by atoms with Crippen LogP contribution in [0.15, 0.2) is 0 Å². The lowest BCUT2D eigenvalue weighted by Gasteiger charge is -2.44. The number of aliphatic hydroxyl groups excluding tert-OH is 3. The van der Waals surface area contributed by atoms with Crippen molar-refractivity contribution in [3.63, 3.8) is 0 Å². The van der Waals surface area contributed by atoms with Crippen LogP contribution in [0.4, 0.5) is 9.59 Å². The number of hydrogen-bond acceptors (Lipinski definition) is 10. The van der Waals surface area contributed by atoms with E-state index < -0.39 is 37.3 Å². The molecule has 1 rings (SSSR count). The highest BCUT2D eigenvalue weighted by molar-refractivity contribution is 7.80. The van der Waals surface area contributed by atoms with Crippen LogP contribution in [0, 0.1) is 0 Å². The Morgan fingerprint density at radius 1 is 1.07 bits per heavy atom. The average molecular weight is 442 g/mol. The molecule has 1 saturated heterocycles. The number of β-amino-alcohol motifs (C(OH)–C–C–N with tert-alkyl or cyclic N) is 1. The number of rotatable bonds is 13. The fourth-order valence-electron chi connectivity index (χ4n) is 2.37. The minimum atomic E-state index is -1.61. The van der Waals surface area contributed by atoms with Crippen molar-refractivity contribution in [3.05, 3.63) is 0 Å². The molecule has 0 aromatic heterocycles. The molecule has 0 spiro atoms. The Bertz CT molecular complexity index is 528. The number of urea groups is 2. The number of nitrogens with zero attached hydrogens (tertiary/aromatic N) is 3. The number of carbonyl (C=O) groups is 3. The lowest BCUT2D eigenvalue weighted by atomic mass is 10.4. The average Bonchev–Trinajstić information content (AvgIpc) is 2.65. The van der Waals surface area contributed by atoms with E-state index in [1.165, 1.54) is 0 Å². The van der Waals surface area contributed by atoms with E-state index in [-0.39, 0.29) is 45.7 Å². The number of amides is 4. The van der Waals surface area contributed by atoms with Gasteiger partial charge in [0.2, 0.25) is 6.35 Å². The summed E-state index contributed by atoms with van der Waals surface area (Å²) in [7, 11) is 0. The maximum Gasteiger partial charge on any atom is 0.331 e. The van der Waals surface area contributed by atoms with E-state index in [9.17, 15) is 24.6 Å². The fraction of sp³-hybridized carbons (Fsp3) is 0.800. The van der Waals surface area contributed by atoms with Gasteiger partial charge >= 0.3 is 18.0 Å². The Morgan fingerprint density at radius 2 is 1.71 bits per heavy atom. The molecule has 1 heterocycles. The summed E-state index contributed by atoms with van der Waals surface area (Å²) in [5, 5.41) is 29.0. The molecule has 1 fully saturated rings. The summed E-state index contributed by atoms with van der Waals surface area (Å²) in [4.78, 5) is 39.1. The maximum atomic E-state index is 12.6. The van der Waals surface area contributed by atoms with Gasteiger partial charge in [0.05, 0.1) is 32.7 Å². The highest BCUT2D eigenvalue weighted by Crippen LogP contribution is 2.18. The highest BCUT2D eigenvalue weighted by atomic mass is 32.1. The standard InChI is InChI=1S/C15H27N3O8S2/c19-6-3-16-13(22)17(4-7-25-11(20)1-9-27)15(24)18(14(16)23)5-8-26-12(21)2-10-28/h11,14,19-20,23,27-28H,1-10H2. The van der Waals surface area contributed by atoms with Gasteiger partial charge in [-0.15, -0.1) is 0 Å². The van der Waals surface area contributed by atoms with Crippen LogP contribution < -0.4 is 0 Å². The first-order chi connectivity index (χ1) is 13.4.